The Morgan fingerprint density at radius 2 is 2.39 bits per heavy atom. The number of benzene rings is 1. The van der Waals surface area contributed by atoms with Crippen molar-refractivity contribution in [2.45, 2.75) is 12.0 Å². The Morgan fingerprint density at radius 3 is 3.06 bits per heavy atom. The van der Waals surface area contributed by atoms with Gasteiger partial charge in [-0.25, -0.2) is 4.79 Å². The monoisotopic (exact) mass is 269 g/mol. The highest BCUT2D eigenvalue weighted by Crippen LogP contribution is 2.15. The minimum Gasteiger partial charge on any atom is -0.387 e. The van der Waals surface area contributed by atoms with Gasteiger partial charge in [-0.3, -0.25) is 0 Å². The number of urea groups is 1. The van der Waals surface area contributed by atoms with E-state index >= 15 is 0 Å². The molecule has 0 spiro atoms. The van der Waals surface area contributed by atoms with Crippen LogP contribution in [-0.2, 0) is 0 Å². The Labute approximate surface area is 111 Å². The molecule has 0 aliphatic carbocycles. The molecule has 2 rings (SSSR count). The second kappa shape index (κ2) is 5.56. The van der Waals surface area contributed by atoms with Crippen LogP contribution in [0, 0.1) is 0 Å². The van der Waals surface area contributed by atoms with Gasteiger partial charge in [0.1, 0.15) is 0 Å². The normalized spacial score (nSPS) is 22.8. The molecule has 1 heterocycles. The summed E-state index contributed by atoms with van der Waals surface area (Å²) in [5.41, 5.74) is -0.220. The lowest BCUT2D eigenvalue weighted by Crippen LogP contribution is -2.45. The highest BCUT2D eigenvalue weighted by molar-refractivity contribution is 6.30. The van der Waals surface area contributed by atoms with Crippen LogP contribution < -0.4 is 16.0 Å². The van der Waals surface area contributed by atoms with Gasteiger partial charge in [0.25, 0.3) is 0 Å². The molecule has 5 nitrogen and oxygen atoms in total. The maximum absolute atomic E-state index is 11.6. The summed E-state index contributed by atoms with van der Waals surface area (Å²) in [4.78, 5) is 11.6. The van der Waals surface area contributed by atoms with E-state index in [1.807, 2.05) is 0 Å². The van der Waals surface area contributed by atoms with Crippen molar-refractivity contribution < 1.29 is 9.90 Å². The third-order valence-corrected chi connectivity index (χ3v) is 3.12. The average Bonchev–Trinajstić information content (AvgIpc) is 2.74. The lowest BCUT2D eigenvalue weighted by Gasteiger charge is -2.21. The molecule has 1 aromatic rings. The molecule has 0 bridgehead atoms. The fourth-order valence-corrected chi connectivity index (χ4v) is 2.06. The number of aliphatic hydroxyl groups is 1. The van der Waals surface area contributed by atoms with Gasteiger partial charge in [-0.2, -0.15) is 0 Å². The Kier molecular flexibility index (Phi) is 4.06. The zero-order valence-electron chi connectivity index (χ0n) is 9.87. The van der Waals surface area contributed by atoms with E-state index in [1.54, 1.807) is 24.3 Å². The molecular formula is C12H16ClN3O2. The highest BCUT2D eigenvalue weighted by atomic mass is 35.5. The van der Waals surface area contributed by atoms with Gasteiger partial charge in [-0.15, -0.1) is 0 Å². The first-order valence-electron chi connectivity index (χ1n) is 5.81. The summed E-state index contributed by atoms with van der Waals surface area (Å²) < 4.78 is 0. The van der Waals surface area contributed by atoms with E-state index in [0.717, 1.165) is 6.54 Å². The Morgan fingerprint density at radius 1 is 1.56 bits per heavy atom. The van der Waals surface area contributed by atoms with E-state index < -0.39 is 5.60 Å². The van der Waals surface area contributed by atoms with Gasteiger partial charge in [-0.05, 0) is 31.2 Å². The van der Waals surface area contributed by atoms with Crippen molar-refractivity contribution in [3.05, 3.63) is 29.3 Å². The SMILES string of the molecule is O=C(NC[C@@]1(O)CCNC1)Nc1cccc(Cl)c1. The number of hydrogen-bond acceptors (Lipinski definition) is 3. The predicted octanol–water partition coefficient (Wildman–Crippen LogP) is 1.19. The van der Waals surface area contributed by atoms with Crippen molar-refractivity contribution in [2.75, 3.05) is 25.0 Å². The summed E-state index contributed by atoms with van der Waals surface area (Å²) in [6, 6.07) is 6.55. The molecule has 1 saturated heterocycles. The molecule has 6 heteroatoms. The quantitative estimate of drug-likeness (QED) is 0.666. The maximum atomic E-state index is 11.6. The van der Waals surface area contributed by atoms with Crippen LogP contribution in [0.25, 0.3) is 0 Å². The molecule has 1 aromatic carbocycles. The molecule has 1 atom stereocenters. The number of β-amino-alcohol motifs (C(OH)–C–C–N with tert-alkyl or cyclic N) is 1. The standard InChI is InChI=1S/C12H16ClN3O2/c13-9-2-1-3-10(6-9)16-11(17)15-8-12(18)4-5-14-7-12/h1-3,6,14,18H,4-5,7-8H2,(H2,15,16,17)/t12-/m1/s1. The van der Waals surface area contributed by atoms with Gasteiger partial charge in [0.05, 0.1) is 5.60 Å². The van der Waals surface area contributed by atoms with Crippen LogP contribution in [0.5, 0.6) is 0 Å². The average molecular weight is 270 g/mol. The lowest BCUT2D eigenvalue weighted by atomic mass is 10.0. The number of carbonyl (C=O) groups excluding carboxylic acids is 1. The number of hydrogen-bond donors (Lipinski definition) is 4. The van der Waals surface area contributed by atoms with Gasteiger partial charge in [-0.1, -0.05) is 17.7 Å². The second-order valence-electron chi connectivity index (χ2n) is 4.47. The topological polar surface area (TPSA) is 73.4 Å². The number of anilines is 1. The van der Waals surface area contributed by atoms with Gasteiger partial charge in [0, 0.05) is 23.8 Å². The first kappa shape index (κ1) is 13.1. The number of rotatable bonds is 3. The first-order valence-corrected chi connectivity index (χ1v) is 6.19. The summed E-state index contributed by atoms with van der Waals surface area (Å²) in [6.07, 6.45) is 0.643. The summed E-state index contributed by atoms with van der Waals surface area (Å²) in [7, 11) is 0. The molecule has 4 N–H and O–H groups in total. The van der Waals surface area contributed by atoms with Crippen molar-refractivity contribution in [3.63, 3.8) is 0 Å². The molecule has 0 aromatic heterocycles. The van der Waals surface area contributed by atoms with Crippen molar-refractivity contribution in [1.82, 2.24) is 10.6 Å². The Bertz CT molecular complexity index is 433. The number of carbonyl (C=O) groups is 1. The third-order valence-electron chi connectivity index (χ3n) is 2.88. The minimum absolute atomic E-state index is 0.229. The molecular weight excluding hydrogens is 254 g/mol. The molecule has 0 unspecified atom stereocenters. The van der Waals surface area contributed by atoms with E-state index in [-0.39, 0.29) is 12.6 Å². The van der Waals surface area contributed by atoms with Gasteiger partial charge < -0.3 is 21.1 Å². The molecule has 2 amide bonds. The van der Waals surface area contributed by atoms with Crippen molar-refractivity contribution in [2.24, 2.45) is 0 Å². The van der Waals surface area contributed by atoms with E-state index in [2.05, 4.69) is 16.0 Å². The molecule has 1 fully saturated rings. The zero-order valence-corrected chi connectivity index (χ0v) is 10.6. The summed E-state index contributed by atoms with van der Waals surface area (Å²) in [5.74, 6) is 0. The fraction of sp³-hybridized carbons (Fsp3) is 0.417. The Hall–Kier alpha value is -1.30. The van der Waals surface area contributed by atoms with E-state index in [9.17, 15) is 9.90 Å². The molecule has 18 heavy (non-hydrogen) atoms. The smallest absolute Gasteiger partial charge is 0.319 e. The van der Waals surface area contributed by atoms with Crippen molar-refractivity contribution in [1.29, 1.82) is 0 Å². The fourth-order valence-electron chi connectivity index (χ4n) is 1.87. The van der Waals surface area contributed by atoms with Crippen LogP contribution in [0.15, 0.2) is 24.3 Å². The number of amides is 2. The van der Waals surface area contributed by atoms with Gasteiger partial charge in [0.15, 0.2) is 0 Å². The van der Waals surface area contributed by atoms with Crippen LogP contribution in [-0.4, -0.2) is 36.4 Å². The van der Waals surface area contributed by atoms with Crippen LogP contribution in [0.3, 0.4) is 0 Å². The van der Waals surface area contributed by atoms with E-state index in [0.29, 0.717) is 23.7 Å². The third kappa shape index (κ3) is 3.60. The molecule has 1 aliphatic rings. The molecule has 1 aliphatic heterocycles. The van der Waals surface area contributed by atoms with Crippen molar-refractivity contribution >= 4 is 23.3 Å². The zero-order chi connectivity index (χ0) is 13.0. The van der Waals surface area contributed by atoms with Crippen LogP contribution in [0.4, 0.5) is 10.5 Å². The summed E-state index contributed by atoms with van der Waals surface area (Å²) in [5, 5.41) is 18.9. The minimum atomic E-state index is -0.842. The highest BCUT2D eigenvalue weighted by Gasteiger charge is 2.31. The maximum Gasteiger partial charge on any atom is 0.319 e. The van der Waals surface area contributed by atoms with E-state index in [1.165, 1.54) is 0 Å². The van der Waals surface area contributed by atoms with Gasteiger partial charge in [0.2, 0.25) is 0 Å². The number of nitrogens with one attached hydrogen (secondary N) is 3. The first-order chi connectivity index (χ1) is 8.57. The molecule has 0 saturated carbocycles. The summed E-state index contributed by atoms with van der Waals surface area (Å²) >= 11 is 5.81. The lowest BCUT2D eigenvalue weighted by molar-refractivity contribution is 0.0640. The molecule has 0 radical (unpaired) electrons. The van der Waals surface area contributed by atoms with Crippen LogP contribution in [0.2, 0.25) is 5.02 Å². The number of halogens is 1. The summed E-state index contributed by atoms with van der Waals surface area (Å²) in [6.45, 7) is 1.50. The Balaban J connectivity index is 1.82. The molecule has 98 valence electrons. The van der Waals surface area contributed by atoms with E-state index in [4.69, 9.17) is 11.6 Å². The van der Waals surface area contributed by atoms with Crippen molar-refractivity contribution in [3.8, 4) is 0 Å². The van der Waals surface area contributed by atoms with Crippen LogP contribution >= 0.6 is 11.6 Å². The van der Waals surface area contributed by atoms with Crippen LogP contribution in [0.1, 0.15) is 6.42 Å². The van der Waals surface area contributed by atoms with Gasteiger partial charge >= 0.3 is 6.03 Å². The predicted molar refractivity (Wildman–Crippen MR) is 70.9 cm³/mol. The largest absolute Gasteiger partial charge is 0.387 e. The second-order valence-corrected chi connectivity index (χ2v) is 4.91.